The molecule has 0 aliphatic carbocycles. The lowest BCUT2D eigenvalue weighted by Gasteiger charge is -2.17. The Morgan fingerprint density at radius 3 is 2.89 bits per heavy atom. The van der Waals surface area contributed by atoms with E-state index in [4.69, 9.17) is 4.74 Å². The molecule has 0 bridgehead atoms. The van der Waals surface area contributed by atoms with Crippen LogP contribution in [0.3, 0.4) is 0 Å². The number of nitrogens with zero attached hydrogens (tertiary/aromatic N) is 1. The zero-order valence-electron chi connectivity index (χ0n) is 10.6. The first-order valence-corrected chi connectivity index (χ1v) is 5.99. The van der Waals surface area contributed by atoms with Gasteiger partial charge in [-0.2, -0.15) is 0 Å². The van der Waals surface area contributed by atoms with Crippen LogP contribution in [-0.2, 0) is 0 Å². The summed E-state index contributed by atoms with van der Waals surface area (Å²) in [6, 6.07) is 5.09. The summed E-state index contributed by atoms with van der Waals surface area (Å²) in [5.74, 6) is 0.319. The number of ether oxygens (including phenoxy) is 1. The molecular weight excluding hydrogens is 232 g/mol. The number of methoxy groups -OCH3 is 1. The highest BCUT2D eigenvalue weighted by Gasteiger charge is 2.26. The van der Waals surface area contributed by atoms with Crippen LogP contribution in [0.15, 0.2) is 18.2 Å². The zero-order chi connectivity index (χ0) is 13.1. The van der Waals surface area contributed by atoms with Gasteiger partial charge in [-0.05, 0) is 31.7 Å². The number of nitrogens with one attached hydrogen (secondary N) is 1. The van der Waals surface area contributed by atoms with Crippen LogP contribution in [0.2, 0.25) is 0 Å². The van der Waals surface area contributed by atoms with E-state index >= 15 is 0 Å². The fraction of sp³-hybridized carbons (Fsp3) is 0.462. The van der Waals surface area contributed by atoms with Gasteiger partial charge >= 0.3 is 0 Å². The van der Waals surface area contributed by atoms with Crippen molar-refractivity contribution < 1.29 is 14.6 Å². The Morgan fingerprint density at radius 1 is 1.56 bits per heavy atom. The van der Waals surface area contributed by atoms with Crippen molar-refractivity contribution in [2.24, 2.45) is 0 Å². The fourth-order valence-electron chi connectivity index (χ4n) is 2.19. The van der Waals surface area contributed by atoms with Crippen molar-refractivity contribution in [2.75, 3.05) is 27.2 Å². The van der Waals surface area contributed by atoms with Crippen LogP contribution in [0, 0.1) is 0 Å². The summed E-state index contributed by atoms with van der Waals surface area (Å²) in [7, 11) is 3.38. The average Bonchev–Trinajstić information content (AvgIpc) is 2.86. The summed E-state index contributed by atoms with van der Waals surface area (Å²) in [5.41, 5.74) is 0.491. The quantitative estimate of drug-likeness (QED) is 0.834. The van der Waals surface area contributed by atoms with E-state index in [2.05, 4.69) is 5.32 Å². The van der Waals surface area contributed by atoms with Crippen molar-refractivity contribution in [2.45, 2.75) is 12.5 Å². The van der Waals surface area contributed by atoms with Crippen molar-refractivity contribution in [3.8, 4) is 11.5 Å². The Bertz CT molecular complexity index is 448. The Balaban J connectivity index is 2.12. The number of hydrogen-bond acceptors (Lipinski definition) is 4. The number of phenolic OH excluding ortho intramolecular Hbond substituents is 1. The lowest BCUT2D eigenvalue weighted by molar-refractivity contribution is 0.0789. The van der Waals surface area contributed by atoms with Crippen LogP contribution in [0.4, 0.5) is 0 Å². The SMILES string of the molecule is CNC1CCN(C(=O)c2ccc(OC)c(O)c2)C1. The molecule has 0 spiro atoms. The van der Waals surface area contributed by atoms with Gasteiger partial charge in [-0.25, -0.2) is 0 Å². The van der Waals surface area contributed by atoms with E-state index in [1.54, 1.807) is 17.0 Å². The molecule has 1 aromatic carbocycles. The molecule has 2 rings (SSSR count). The minimum atomic E-state index is -0.0503. The molecule has 1 aliphatic heterocycles. The molecule has 1 aliphatic rings. The normalized spacial score (nSPS) is 19.0. The van der Waals surface area contributed by atoms with Gasteiger partial charge in [0.1, 0.15) is 0 Å². The summed E-state index contributed by atoms with van der Waals surface area (Å²) >= 11 is 0. The van der Waals surface area contributed by atoms with E-state index in [-0.39, 0.29) is 11.7 Å². The summed E-state index contributed by atoms with van der Waals surface area (Å²) in [5, 5.41) is 12.8. The van der Waals surface area contributed by atoms with Gasteiger partial charge in [-0.3, -0.25) is 4.79 Å². The second-order valence-electron chi connectivity index (χ2n) is 4.41. The van der Waals surface area contributed by atoms with Crippen LogP contribution in [0.25, 0.3) is 0 Å². The molecule has 0 aromatic heterocycles. The third kappa shape index (κ3) is 2.41. The minimum absolute atomic E-state index is 0.00675. The number of amides is 1. The summed E-state index contributed by atoms with van der Waals surface area (Å²) in [6.45, 7) is 1.46. The number of carbonyl (C=O) groups excluding carboxylic acids is 1. The number of phenols is 1. The molecule has 1 atom stereocenters. The molecule has 18 heavy (non-hydrogen) atoms. The largest absolute Gasteiger partial charge is 0.504 e. The van der Waals surface area contributed by atoms with E-state index in [0.717, 1.165) is 13.0 Å². The van der Waals surface area contributed by atoms with Crippen molar-refractivity contribution in [3.05, 3.63) is 23.8 Å². The number of carbonyl (C=O) groups is 1. The molecule has 1 fully saturated rings. The number of likely N-dealkylation sites (tertiary alicyclic amines) is 1. The van der Waals surface area contributed by atoms with Gasteiger partial charge in [0, 0.05) is 24.7 Å². The lowest BCUT2D eigenvalue weighted by atomic mass is 10.2. The predicted octanol–water partition coefficient (Wildman–Crippen LogP) is 0.835. The van der Waals surface area contributed by atoms with Crippen molar-refractivity contribution in [1.82, 2.24) is 10.2 Å². The maximum Gasteiger partial charge on any atom is 0.254 e. The monoisotopic (exact) mass is 250 g/mol. The van der Waals surface area contributed by atoms with Gasteiger partial charge in [-0.15, -0.1) is 0 Å². The minimum Gasteiger partial charge on any atom is -0.504 e. The average molecular weight is 250 g/mol. The van der Waals surface area contributed by atoms with Crippen LogP contribution < -0.4 is 10.1 Å². The maximum absolute atomic E-state index is 12.2. The van der Waals surface area contributed by atoms with Gasteiger partial charge in [0.2, 0.25) is 0 Å². The molecule has 1 saturated heterocycles. The van der Waals surface area contributed by atoms with Crippen molar-refractivity contribution >= 4 is 5.91 Å². The summed E-state index contributed by atoms with van der Waals surface area (Å²) < 4.78 is 4.95. The number of aromatic hydroxyl groups is 1. The molecule has 2 N–H and O–H groups in total. The molecule has 98 valence electrons. The van der Waals surface area contributed by atoms with Crippen molar-refractivity contribution in [1.29, 1.82) is 0 Å². The molecular formula is C13H18N2O3. The summed E-state index contributed by atoms with van der Waals surface area (Å²) in [4.78, 5) is 14.0. The smallest absolute Gasteiger partial charge is 0.254 e. The molecule has 1 unspecified atom stereocenters. The molecule has 1 amide bonds. The molecule has 5 heteroatoms. The van der Waals surface area contributed by atoms with Crippen molar-refractivity contribution in [3.63, 3.8) is 0 Å². The molecule has 1 heterocycles. The first kappa shape index (κ1) is 12.7. The number of likely N-dealkylation sites (N-methyl/N-ethyl adjacent to an activating group) is 1. The van der Waals surface area contributed by atoms with Gasteiger partial charge in [0.05, 0.1) is 7.11 Å². The molecule has 1 aromatic rings. The number of benzene rings is 1. The number of hydrogen-bond donors (Lipinski definition) is 2. The second kappa shape index (κ2) is 5.27. The van der Waals surface area contributed by atoms with E-state index in [1.807, 2.05) is 7.05 Å². The van der Waals surface area contributed by atoms with E-state index < -0.39 is 0 Å². The Kier molecular flexibility index (Phi) is 3.72. The topological polar surface area (TPSA) is 61.8 Å². The maximum atomic E-state index is 12.2. The van der Waals surface area contributed by atoms with E-state index in [0.29, 0.717) is 23.9 Å². The third-order valence-electron chi connectivity index (χ3n) is 3.31. The number of rotatable bonds is 3. The highest BCUT2D eigenvalue weighted by Crippen LogP contribution is 2.27. The zero-order valence-corrected chi connectivity index (χ0v) is 10.6. The highest BCUT2D eigenvalue weighted by atomic mass is 16.5. The predicted molar refractivity (Wildman–Crippen MR) is 68.0 cm³/mol. The Morgan fingerprint density at radius 2 is 2.33 bits per heavy atom. The fourth-order valence-corrected chi connectivity index (χ4v) is 2.19. The molecule has 5 nitrogen and oxygen atoms in total. The standard InChI is InChI=1S/C13H18N2O3/c1-14-10-5-6-15(8-10)13(17)9-3-4-12(18-2)11(16)7-9/h3-4,7,10,14,16H,5-6,8H2,1-2H3. The van der Waals surface area contributed by atoms with Gasteiger partial charge in [0.25, 0.3) is 5.91 Å². The molecule has 0 radical (unpaired) electrons. The first-order chi connectivity index (χ1) is 8.65. The van der Waals surface area contributed by atoms with Crippen LogP contribution in [-0.4, -0.2) is 49.2 Å². The lowest BCUT2D eigenvalue weighted by Crippen LogP contribution is -2.33. The van der Waals surface area contributed by atoms with Crippen LogP contribution >= 0.6 is 0 Å². The van der Waals surface area contributed by atoms with E-state index in [9.17, 15) is 9.90 Å². The van der Waals surface area contributed by atoms with Crippen LogP contribution in [0.1, 0.15) is 16.8 Å². The summed E-state index contributed by atoms with van der Waals surface area (Å²) in [6.07, 6.45) is 0.963. The second-order valence-corrected chi connectivity index (χ2v) is 4.41. The van der Waals surface area contributed by atoms with Crippen LogP contribution in [0.5, 0.6) is 11.5 Å². The first-order valence-electron chi connectivity index (χ1n) is 5.99. The van der Waals surface area contributed by atoms with Gasteiger partial charge < -0.3 is 20.1 Å². The molecule has 0 saturated carbocycles. The van der Waals surface area contributed by atoms with Gasteiger partial charge in [-0.1, -0.05) is 0 Å². The highest BCUT2D eigenvalue weighted by molar-refractivity contribution is 5.95. The Labute approximate surface area is 106 Å². The Hall–Kier alpha value is -1.75. The van der Waals surface area contributed by atoms with E-state index in [1.165, 1.54) is 13.2 Å². The third-order valence-corrected chi connectivity index (χ3v) is 3.31. The van der Waals surface area contributed by atoms with Gasteiger partial charge in [0.15, 0.2) is 11.5 Å².